The first-order valence-electron chi connectivity index (χ1n) is 34.9. The summed E-state index contributed by atoms with van der Waals surface area (Å²) in [5, 5.41) is 34.5. The Kier molecular flexibility index (Phi) is 36.8. The van der Waals surface area contributed by atoms with Crippen molar-refractivity contribution in [3.8, 4) is 0 Å². The quantitative estimate of drug-likeness (QED) is 0.0391. The van der Waals surface area contributed by atoms with Crippen LogP contribution >= 0.6 is 0 Å². The van der Waals surface area contributed by atoms with Crippen molar-refractivity contribution in [3.63, 3.8) is 0 Å². The molecule has 1 aliphatic heterocycles. The number of nitrogens with one attached hydrogen (secondary N) is 2. The summed E-state index contributed by atoms with van der Waals surface area (Å²) >= 11 is 0. The van der Waals surface area contributed by atoms with Gasteiger partial charge < -0.3 is 76.5 Å². The molecule has 24 nitrogen and oxygen atoms in total. The van der Waals surface area contributed by atoms with Gasteiger partial charge in [-0.25, -0.2) is 4.79 Å². The van der Waals surface area contributed by atoms with E-state index in [0.29, 0.717) is 161 Å². The number of nitrogens with two attached hydrogens (primary N) is 3. The molecule has 1 saturated heterocycles. The van der Waals surface area contributed by atoms with Gasteiger partial charge in [-0.15, -0.1) is 0 Å². The minimum Gasteiger partial charge on any atom is -0.480 e. The second-order valence-corrected chi connectivity index (χ2v) is 26.8. The largest absolute Gasteiger partial charge is 0.480 e. The van der Waals surface area contributed by atoms with E-state index >= 15 is 0 Å². The molecule has 4 saturated carbocycles. The molecule has 5 fully saturated rings. The predicted molar refractivity (Wildman–Crippen MR) is 347 cm³/mol. The number of ether oxygens (including phenoxy) is 6. The number of carboxylic acid groups (broad SMARTS) is 3. The van der Waals surface area contributed by atoms with Crippen LogP contribution in [0.4, 0.5) is 4.79 Å². The van der Waals surface area contributed by atoms with Crippen LogP contribution in [0.3, 0.4) is 0 Å². The SMILES string of the molecule is CCCCCCCCN(CCC[C@@H](C)[C@H]1CC[C@H]2[C]3[C@H](OCCCN)C[C@@H]4C[C@H](OCCCN)CC[C@]4(C)[C@H]3C[C@H](OCCCN)[C@]12C)C(=O)NCCOCCOCCOCCNC(=O)CN1CCN(CC(=O)O)CCN(CC(=O)O)CCN(CC(=O)O)CC1. The van der Waals surface area contributed by atoms with Gasteiger partial charge in [0.2, 0.25) is 5.91 Å². The van der Waals surface area contributed by atoms with Gasteiger partial charge in [0, 0.05) is 110 Å². The number of nitrogens with zero attached hydrogens (tertiary/aromatic N) is 5. The van der Waals surface area contributed by atoms with Crippen molar-refractivity contribution in [2.75, 3.05) is 184 Å². The number of aliphatic carboxylic acids is 3. The summed E-state index contributed by atoms with van der Waals surface area (Å²) in [6, 6.07) is -0.0438. The molecule has 0 bridgehead atoms. The van der Waals surface area contributed by atoms with E-state index in [4.69, 9.17) is 45.6 Å². The van der Waals surface area contributed by atoms with Crippen LogP contribution in [0.5, 0.6) is 0 Å². The first kappa shape index (κ1) is 77.3. The van der Waals surface area contributed by atoms with Crippen molar-refractivity contribution in [2.45, 2.75) is 162 Å². The lowest BCUT2D eigenvalue weighted by atomic mass is 9.43. The van der Waals surface area contributed by atoms with Crippen molar-refractivity contribution >= 4 is 29.8 Å². The first-order valence-corrected chi connectivity index (χ1v) is 34.9. The summed E-state index contributed by atoms with van der Waals surface area (Å²) in [6.07, 6.45) is 19.7. The van der Waals surface area contributed by atoms with Gasteiger partial charge in [-0.1, -0.05) is 59.8 Å². The number of hydrogen-bond donors (Lipinski definition) is 8. The Hall–Kier alpha value is -3.37. The number of amides is 3. The Bertz CT molecular complexity index is 2010. The summed E-state index contributed by atoms with van der Waals surface area (Å²) in [6.45, 7) is 19.8. The van der Waals surface area contributed by atoms with Crippen molar-refractivity contribution in [1.82, 2.24) is 35.1 Å². The molecule has 0 spiro atoms. The number of hydrogen-bond acceptors (Lipinski definition) is 18. The molecule has 3 amide bonds. The maximum atomic E-state index is 13.9. The Morgan fingerprint density at radius 2 is 1.07 bits per heavy atom. The third-order valence-corrected chi connectivity index (χ3v) is 20.5. The van der Waals surface area contributed by atoms with E-state index in [9.17, 15) is 39.3 Å². The molecule has 1 radical (unpaired) electrons. The Morgan fingerprint density at radius 3 is 1.62 bits per heavy atom. The van der Waals surface area contributed by atoms with Crippen LogP contribution in [-0.2, 0) is 47.6 Å². The van der Waals surface area contributed by atoms with E-state index in [0.717, 1.165) is 103 Å². The average molecular weight is 1280 g/mol. The molecular weight excluding hydrogens is 1160 g/mol. The van der Waals surface area contributed by atoms with Crippen LogP contribution in [0.2, 0.25) is 0 Å². The summed E-state index contributed by atoms with van der Waals surface area (Å²) < 4.78 is 37.8. The van der Waals surface area contributed by atoms with Crippen molar-refractivity contribution in [3.05, 3.63) is 5.92 Å². The van der Waals surface area contributed by atoms with E-state index < -0.39 is 17.9 Å². The van der Waals surface area contributed by atoms with Gasteiger partial charge in [-0.3, -0.25) is 38.8 Å². The summed E-state index contributed by atoms with van der Waals surface area (Å²) in [5.41, 5.74) is 18.1. The topological polar surface area (TPSA) is 320 Å². The monoisotopic (exact) mass is 1280 g/mol. The van der Waals surface area contributed by atoms with Crippen LogP contribution in [0.25, 0.3) is 0 Å². The summed E-state index contributed by atoms with van der Waals surface area (Å²) in [7, 11) is 0. The fourth-order valence-electron chi connectivity index (χ4n) is 15.6. The molecule has 24 heteroatoms. The van der Waals surface area contributed by atoms with Crippen LogP contribution in [0, 0.1) is 46.3 Å². The number of urea groups is 1. The van der Waals surface area contributed by atoms with E-state index in [-0.39, 0.29) is 80.4 Å². The van der Waals surface area contributed by atoms with E-state index in [2.05, 4.69) is 38.3 Å². The Morgan fingerprint density at radius 1 is 0.567 bits per heavy atom. The molecule has 1 heterocycles. The minimum atomic E-state index is -1.02. The zero-order valence-electron chi connectivity index (χ0n) is 55.9. The lowest BCUT2D eigenvalue weighted by Crippen LogP contribution is -2.62. The molecule has 521 valence electrons. The smallest absolute Gasteiger partial charge is 0.317 e. The Labute approximate surface area is 539 Å². The van der Waals surface area contributed by atoms with Gasteiger partial charge in [0.25, 0.3) is 0 Å². The zero-order chi connectivity index (χ0) is 65.2. The van der Waals surface area contributed by atoms with Crippen LogP contribution < -0.4 is 27.8 Å². The maximum Gasteiger partial charge on any atom is 0.317 e. The highest BCUT2D eigenvalue weighted by Crippen LogP contribution is 2.70. The van der Waals surface area contributed by atoms with Gasteiger partial charge in [0.05, 0.1) is 84.1 Å². The highest BCUT2D eigenvalue weighted by atomic mass is 16.5. The zero-order valence-corrected chi connectivity index (χ0v) is 55.9. The van der Waals surface area contributed by atoms with Gasteiger partial charge in [-0.2, -0.15) is 0 Å². The fourth-order valence-corrected chi connectivity index (χ4v) is 15.6. The van der Waals surface area contributed by atoms with Crippen LogP contribution in [0.15, 0.2) is 0 Å². The molecule has 5 aliphatic rings. The summed E-state index contributed by atoms with van der Waals surface area (Å²) in [5.74, 6) is 0.674. The second-order valence-electron chi connectivity index (χ2n) is 26.8. The third kappa shape index (κ3) is 26.1. The predicted octanol–water partition coefficient (Wildman–Crippen LogP) is 4.46. The van der Waals surface area contributed by atoms with Gasteiger partial charge in [0.15, 0.2) is 0 Å². The minimum absolute atomic E-state index is 0.0235. The number of carboxylic acids is 3. The first-order chi connectivity index (χ1) is 43.5. The molecular formula is C66H123N10O14. The normalized spacial score (nSPS) is 27.0. The van der Waals surface area contributed by atoms with E-state index in [1.54, 1.807) is 20.6 Å². The molecule has 0 unspecified atom stereocenters. The molecule has 0 aromatic heterocycles. The third-order valence-electron chi connectivity index (χ3n) is 20.5. The number of unbranched alkanes of at least 4 members (excludes halogenated alkanes) is 5. The van der Waals surface area contributed by atoms with Gasteiger partial charge >= 0.3 is 23.9 Å². The van der Waals surface area contributed by atoms with Crippen LogP contribution in [-0.4, -0.2) is 272 Å². The maximum absolute atomic E-state index is 13.9. The molecule has 0 aromatic rings. The molecule has 0 aromatic carbocycles. The fraction of sp³-hybridized carbons (Fsp3) is 0.909. The highest BCUT2D eigenvalue weighted by molar-refractivity contribution is 5.78. The molecule has 4 aliphatic carbocycles. The molecule has 5 rings (SSSR count). The van der Waals surface area contributed by atoms with Gasteiger partial charge in [-0.05, 0) is 138 Å². The molecule has 90 heavy (non-hydrogen) atoms. The highest BCUT2D eigenvalue weighted by Gasteiger charge is 2.67. The number of fused-ring (bicyclic) bond motifs is 5. The number of rotatable bonds is 44. The Balaban J connectivity index is 1.04. The molecule has 11 N–H and O–H groups in total. The van der Waals surface area contributed by atoms with Crippen molar-refractivity contribution in [2.24, 2.45) is 57.6 Å². The number of carbonyl (C=O) groups excluding carboxylic acids is 2. The second kappa shape index (κ2) is 42.9. The van der Waals surface area contributed by atoms with Crippen molar-refractivity contribution in [1.29, 1.82) is 0 Å². The van der Waals surface area contributed by atoms with Gasteiger partial charge in [0.1, 0.15) is 0 Å². The lowest BCUT2D eigenvalue weighted by Gasteiger charge is -2.64. The number of carbonyl (C=O) groups is 5. The average Bonchev–Trinajstić information content (AvgIpc) is 1.31. The lowest BCUT2D eigenvalue weighted by molar-refractivity contribution is -0.175. The molecule has 10 atom stereocenters. The standard InChI is InChI=1S/C66H123N10O14/c1-5-6-7-8-9-10-25-76(26-11-15-51(2)54-16-17-55-63-56(46-58(66(54,55)4)90-37-14-22-69)65(3)19-18-53(88-35-12-20-67)44-52(65)45-57(63)89-36-13-21-68)64(84)71-24-39-86-41-43-87-42-40-85-38-23-70-59(77)47-72-27-29-73(48-60(78)79)31-33-75(50-62(82)83)34-32-74(30-28-72)49-61(80)81/h51-58H,5-50,67-69H2,1-4H3,(H,70,77)(H,71,84)(H,78,79)(H,80,81)(H,82,83)/t51-,52+,53-,54-,55+,56+,57-,58+,65+,66-/m1/s1. The van der Waals surface area contributed by atoms with Crippen LogP contribution in [0.1, 0.15) is 143 Å². The van der Waals surface area contributed by atoms with E-state index in [1.165, 1.54) is 25.7 Å². The summed E-state index contributed by atoms with van der Waals surface area (Å²) in [4.78, 5) is 70.7. The van der Waals surface area contributed by atoms with E-state index in [1.807, 2.05) is 9.80 Å². The van der Waals surface area contributed by atoms with Crippen molar-refractivity contribution < 1.29 is 67.7 Å².